The van der Waals surface area contributed by atoms with Gasteiger partial charge in [-0.2, -0.15) is 0 Å². The van der Waals surface area contributed by atoms with Crippen LogP contribution in [-0.4, -0.2) is 53.5 Å². The zero-order chi connectivity index (χ0) is 20.3. The molecule has 1 aliphatic rings. The van der Waals surface area contributed by atoms with Crippen molar-refractivity contribution in [2.75, 3.05) is 13.7 Å². The Bertz CT molecular complexity index is 892. The van der Waals surface area contributed by atoms with Gasteiger partial charge in [0.25, 0.3) is 11.8 Å². The topological polar surface area (TPSA) is 113 Å². The molecular weight excluding hydrogens is 364 g/mol. The second-order valence-electron chi connectivity index (χ2n) is 6.10. The molecule has 0 aliphatic carbocycles. The first-order valence-corrected chi connectivity index (χ1v) is 8.50. The molecule has 2 N–H and O–H groups in total. The molecule has 144 valence electrons. The number of amides is 3. The molecule has 2 aromatic carbocycles. The number of hydrogen-bond donors (Lipinski definition) is 2. The smallest absolute Gasteiger partial charge is 0.333 e. The van der Waals surface area contributed by atoms with Crippen LogP contribution in [-0.2, 0) is 14.3 Å². The Kier molecular flexibility index (Phi) is 5.51. The summed E-state index contributed by atoms with van der Waals surface area (Å²) < 4.78 is 4.74. The second-order valence-corrected chi connectivity index (χ2v) is 6.10. The highest BCUT2D eigenvalue weighted by Crippen LogP contribution is 2.25. The summed E-state index contributed by atoms with van der Waals surface area (Å²) in [5.41, 5.74) is 0.777. The molecule has 1 heterocycles. The van der Waals surface area contributed by atoms with Crippen LogP contribution in [0, 0.1) is 0 Å². The van der Waals surface area contributed by atoms with Gasteiger partial charge in [0.2, 0.25) is 5.91 Å². The van der Waals surface area contributed by atoms with E-state index >= 15 is 0 Å². The summed E-state index contributed by atoms with van der Waals surface area (Å²) >= 11 is 0. The number of benzene rings is 2. The minimum Gasteiger partial charge on any atom is -0.467 e. The van der Waals surface area contributed by atoms with E-state index in [1.165, 1.54) is 19.2 Å². The van der Waals surface area contributed by atoms with Crippen molar-refractivity contribution in [2.24, 2.45) is 0 Å². The first kappa shape index (κ1) is 19.2. The minimum atomic E-state index is -1.48. The van der Waals surface area contributed by atoms with E-state index < -0.39 is 42.4 Å². The Balaban J connectivity index is 1.87. The van der Waals surface area contributed by atoms with Gasteiger partial charge in [0, 0.05) is 0 Å². The molecule has 8 nitrogen and oxygen atoms in total. The Morgan fingerprint density at radius 1 is 1.00 bits per heavy atom. The SMILES string of the molecule is COC(=O)[C@@H](NC(=O)[C@H](CO)N1C(=O)c2ccccc2C1=O)c1ccccc1. The van der Waals surface area contributed by atoms with E-state index in [1.807, 2.05) is 0 Å². The molecule has 8 heteroatoms. The highest BCUT2D eigenvalue weighted by Gasteiger charge is 2.43. The standard InChI is InChI=1S/C20H18N2O6/c1-28-20(27)16(12-7-3-2-4-8-12)21-17(24)15(11-23)22-18(25)13-9-5-6-10-14(13)19(22)26/h2-10,15-16,23H,11H2,1H3,(H,21,24)/t15-,16-/m0/s1. The second kappa shape index (κ2) is 8.01. The third-order valence-electron chi connectivity index (χ3n) is 4.47. The van der Waals surface area contributed by atoms with Gasteiger partial charge >= 0.3 is 5.97 Å². The molecule has 28 heavy (non-hydrogen) atoms. The maximum absolute atomic E-state index is 12.8. The lowest BCUT2D eigenvalue weighted by molar-refractivity contribution is -0.146. The molecule has 0 saturated heterocycles. The minimum absolute atomic E-state index is 0.159. The fraction of sp³-hybridized carbons (Fsp3) is 0.200. The van der Waals surface area contributed by atoms with Crippen molar-refractivity contribution in [3.8, 4) is 0 Å². The van der Waals surface area contributed by atoms with E-state index in [0.29, 0.717) is 10.5 Å². The lowest BCUT2D eigenvalue weighted by Crippen LogP contribution is -2.53. The van der Waals surface area contributed by atoms with Gasteiger partial charge in [-0.1, -0.05) is 42.5 Å². The zero-order valence-electron chi connectivity index (χ0n) is 15.0. The Morgan fingerprint density at radius 2 is 1.54 bits per heavy atom. The fourth-order valence-electron chi connectivity index (χ4n) is 3.05. The summed E-state index contributed by atoms with van der Waals surface area (Å²) in [6.07, 6.45) is 0. The summed E-state index contributed by atoms with van der Waals surface area (Å²) in [6, 6.07) is 11.9. The number of methoxy groups -OCH3 is 1. The van der Waals surface area contributed by atoms with Gasteiger partial charge in [-0.15, -0.1) is 0 Å². The number of hydrogen-bond acceptors (Lipinski definition) is 6. The number of aliphatic hydroxyl groups excluding tert-OH is 1. The van der Waals surface area contributed by atoms with Gasteiger partial charge in [-0.05, 0) is 17.7 Å². The van der Waals surface area contributed by atoms with Crippen LogP contribution in [0.1, 0.15) is 32.3 Å². The first-order valence-electron chi connectivity index (χ1n) is 8.50. The van der Waals surface area contributed by atoms with Gasteiger partial charge in [-0.25, -0.2) is 4.79 Å². The van der Waals surface area contributed by atoms with Crippen LogP contribution in [0.2, 0.25) is 0 Å². The van der Waals surface area contributed by atoms with E-state index in [-0.39, 0.29) is 11.1 Å². The summed E-state index contributed by atoms with van der Waals surface area (Å²) in [5, 5.41) is 12.2. The fourth-order valence-corrected chi connectivity index (χ4v) is 3.05. The zero-order valence-corrected chi connectivity index (χ0v) is 15.0. The maximum atomic E-state index is 12.8. The Morgan fingerprint density at radius 3 is 2.04 bits per heavy atom. The predicted molar refractivity (Wildman–Crippen MR) is 97.2 cm³/mol. The third-order valence-corrected chi connectivity index (χ3v) is 4.47. The average molecular weight is 382 g/mol. The molecule has 0 saturated carbocycles. The molecule has 0 fully saturated rings. The predicted octanol–water partition coefficient (Wildman–Crippen LogP) is 0.674. The van der Waals surface area contributed by atoms with Crippen molar-refractivity contribution in [1.29, 1.82) is 0 Å². The third kappa shape index (κ3) is 3.37. The molecule has 1 aliphatic heterocycles. The number of fused-ring (bicyclic) bond motifs is 1. The number of nitrogens with zero attached hydrogens (tertiary/aromatic N) is 1. The Hall–Kier alpha value is -3.52. The number of ether oxygens (including phenoxy) is 1. The summed E-state index contributed by atoms with van der Waals surface area (Å²) in [5.74, 6) is -2.93. The molecule has 3 rings (SSSR count). The largest absolute Gasteiger partial charge is 0.467 e. The van der Waals surface area contributed by atoms with Crippen molar-refractivity contribution < 1.29 is 29.0 Å². The van der Waals surface area contributed by atoms with E-state index in [9.17, 15) is 24.3 Å². The van der Waals surface area contributed by atoms with Crippen LogP contribution < -0.4 is 5.32 Å². The maximum Gasteiger partial charge on any atom is 0.333 e. The highest BCUT2D eigenvalue weighted by atomic mass is 16.5. The number of esters is 1. The number of aliphatic hydroxyl groups is 1. The monoisotopic (exact) mass is 382 g/mol. The van der Waals surface area contributed by atoms with Gasteiger partial charge in [0.1, 0.15) is 6.04 Å². The molecule has 0 unspecified atom stereocenters. The molecule has 0 spiro atoms. The number of carbonyl (C=O) groups excluding carboxylic acids is 4. The van der Waals surface area contributed by atoms with E-state index in [2.05, 4.69) is 5.32 Å². The molecule has 0 bridgehead atoms. The number of imide groups is 1. The quantitative estimate of drug-likeness (QED) is 0.561. The van der Waals surface area contributed by atoms with E-state index in [1.54, 1.807) is 42.5 Å². The summed E-state index contributed by atoms with van der Waals surface area (Å²) in [7, 11) is 1.18. The van der Waals surface area contributed by atoms with Crippen molar-refractivity contribution in [1.82, 2.24) is 10.2 Å². The van der Waals surface area contributed by atoms with Crippen LogP contribution in [0.25, 0.3) is 0 Å². The van der Waals surface area contributed by atoms with Crippen molar-refractivity contribution in [2.45, 2.75) is 12.1 Å². The van der Waals surface area contributed by atoms with Crippen LogP contribution in [0.3, 0.4) is 0 Å². The van der Waals surface area contributed by atoms with Crippen LogP contribution in [0.5, 0.6) is 0 Å². The lowest BCUT2D eigenvalue weighted by Gasteiger charge is -2.25. The van der Waals surface area contributed by atoms with Gasteiger partial charge < -0.3 is 15.2 Å². The van der Waals surface area contributed by atoms with Crippen molar-refractivity contribution in [3.63, 3.8) is 0 Å². The first-order chi connectivity index (χ1) is 13.5. The molecular formula is C20H18N2O6. The summed E-state index contributed by atoms with van der Waals surface area (Å²) in [6.45, 7) is -0.792. The van der Waals surface area contributed by atoms with Crippen LogP contribution in [0.4, 0.5) is 0 Å². The van der Waals surface area contributed by atoms with Crippen molar-refractivity contribution in [3.05, 3.63) is 71.3 Å². The van der Waals surface area contributed by atoms with E-state index in [0.717, 1.165) is 0 Å². The van der Waals surface area contributed by atoms with Gasteiger partial charge in [0.05, 0.1) is 24.8 Å². The lowest BCUT2D eigenvalue weighted by atomic mass is 10.1. The van der Waals surface area contributed by atoms with Gasteiger partial charge in [0.15, 0.2) is 6.04 Å². The number of rotatable bonds is 6. The van der Waals surface area contributed by atoms with Crippen LogP contribution in [0.15, 0.2) is 54.6 Å². The average Bonchev–Trinajstić information content (AvgIpc) is 2.98. The molecule has 2 aromatic rings. The van der Waals surface area contributed by atoms with E-state index in [4.69, 9.17) is 4.74 Å². The summed E-state index contributed by atoms with van der Waals surface area (Å²) in [4.78, 5) is 50.8. The number of nitrogens with one attached hydrogen (secondary N) is 1. The molecule has 2 atom stereocenters. The van der Waals surface area contributed by atoms with Crippen molar-refractivity contribution >= 4 is 23.7 Å². The molecule has 0 aromatic heterocycles. The highest BCUT2D eigenvalue weighted by molar-refractivity contribution is 6.22. The van der Waals surface area contributed by atoms with Crippen LogP contribution >= 0.6 is 0 Å². The number of carbonyl (C=O) groups is 4. The normalized spacial score (nSPS) is 15.0. The Labute approximate surface area is 160 Å². The molecule has 3 amide bonds. The van der Waals surface area contributed by atoms with Gasteiger partial charge in [-0.3, -0.25) is 19.3 Å². The molecule has 0 radical (unpaired) electrons.